The summed E-state index contributed by atoms with van der Waals surface area (Å²) in [5.41, 5.74) is 7.57. The summed E-state index contributed by atoms with van der Waals surface area (Å²) in [5, 5.41) is 5.71. The Labute approximate surface area is 589 Å². The number of benzene rings is 8. The van der Waals surface area contributed by atoms with Gasteiger partial charge in [0.15, 0.2) is 0 Å². The van der Waals surface area contributed by atoms with Gasteiger partial charge in [0.1, 0.15) is 0 Å². The minimum Gasteiger partial charge on any atom is -0.340 e. The smallest absolute Gasteiger partial charge is 0.0639 e. The van der Waals surface area contributed by atoms with Gasteiger partial charge in [0, 0.05) is 139 Å². The van der Waals surface area contributed by atoms with Crippen LogP contribution in [0.1, 0.15) is 154 Å². The van der Waals surface area contributed by atoms with Crippen LogP contribution in [0, 0.1) is 41.9 Å². The van der Waals surface area contributed by atoms with Gasteiger partial charge in [-0.2, -0.15) is 0 Å². The monoisotopic (exact) mass is 1710 g/mol. The van der Waals surface area contributed by atoms with Crippen molar-refractivity contribution >= 4 is 54.6 Å². The molecule has 0 amide bonds. The Morgan fingerprint density at radius 1 is 0.443 bits per heavy atom. The normalized spacial score (nSPS) is 17.4. The van der Waals surface area contributed by atoms with Gasteiger partial charge in [-0.3, -0.25) is 15.0 Å². The molecule has 0 saturated heterocycles. The summed E-state index contributed by atoms with van der Waals surface area (Å²) in [6.45, 7) is 6.98. The molecular weight excluding hydrogens is 1610 g/mol. The number of pyridine rings is 2. The number of rotatable bonds is 14. The molecule has 9 heteroatoms. The molecule has 3 radical (unpaired) electrons. The maximum absolute atomic E-state index is 9.03. The first kappa shape index (κ1) is 45.6. The molecule has 13 rings (SSSR count). The number of imidazole rings is 3. The summed E-state index contributed by atoms with van der Waals surface area (Å²) in [6.07, 6.45) is -0.968. The Kier molecular flexibility index (Phi) is 15.4. The van der Waals surface area contributed by atoms with Gasteiger partial charge in [-0.1, -0.05) is 185 Å². The van der Waals surface area contributed by atoms with Crippen LogP contribution in [-0.2, 0) is 85.8 Å². The van der Waals surface area contributed by atoms with Crippen molar-refractivity contribution < 1.29 is 86.4 Å². The minimum absolute atomic E-state index is 0. The molecule has 0 N–H and O–H groups in total. The van der Waals surface area contributed by atoms with Gasteiger partial charge in [-0.05, 0) is 117 Å². The fourth-order valence-corrected chi connectivity index (χ4v) is 11.3. The standard InChI is InChI=1S/2C29H29N2.C21H23N2.3Ir/c2*1-19(2)16-21-10-9-11-22(17-20(3)4)28(21)27-18-30-29-25-14-6-5-12-23(25)24-13-7-8-15-26(24)31(27)29;1-15(2)18-11-8-12-19(16(3)4)20(18)23-14-13-22-21(23)17-9-6-5-7-10-17;;;/h2*5-13,15,18-20H,16-17H2,1-4H3;5-9,11-16H,1-4H3;;;/q3*-1;;;/i1D3,16D2,17D2;16D2,17D2;1D3,3D3,15D,16D;;;. The van der Waals surface area contributed by atoms with Crippen LogP contribution in [0.4, 0.5) is 0 Å². The van der Waals surface area contributed by atoms with Gasteiger partial charge in [-0.25, -0.2) is 0 Å². The van der Waals surface area contributed by atoms with E-state index < -0.39 is 69.7 Å². The van der Waals surface area contributed by atoms with Crippen molar-refractivity contribution in [3.8, 4) is 39.6 Å². The Hall–Kier alpha value is -6.66. The number of aromatic nitrogens is 6. The van der Waals surface area contributed by atoms with Crippen molar-refractivity contribution in [2.45, 2.75) is 120 Å². The van der Waals surface area contributed by atoms with E-state index in [-0.39, 0.29) is 94.5 Å². The van der Waals surface area contributed by atoms with Gasteiger partial charge in [0.05, 0.1) is 28.5 Å². The molecule has 0 saturated carbocycles. The number of fused-ring (bicyclic) bond motifs is 12. The molecule has 0 spiro atoms. The second-order valence-electron chi connectivity index (χ2n) is 22.1. The van der Waals surface area contributed by atoms with E-state index in [1.54, 1.807) is 97.7 Å². The zero-order valence-electron chi connectivity index (χ0n) is 69.4. The molecule has 5 aromatic heterocycles. The molecule has 5 heterocycles. The molecular formula is C79H81Ir3N6-3. The van der Waals surface area contributed by atoms with Gasteiger partial charge in [0.25, 0.3) is 0 Å². The number of nitrogens with zero attached hydrogens (tertiary/aromatic N) is 6. The molecule has 457 valence electrons. The third-order valence-corrected chi connectivity index (χ3v) is 14.6. The number of hydrogen-bond acceptors (Lipinski definition) is 3. The quantitative estimate of drug-likeness (QED) is 0.0805. The molecule has 0 bridgehead atoms. The zero-order valence-corrected chi connectivity index (χ0v) is 57.6. The average molecular weight is 1710 g/mol. The summed E-state index contributed by atoms with van der Waals surface area (Å²) >= 11 is 0. The first-order valence-electron chi connectivity index (χ1n) is 38.3. The molecule has 88 heavy (non-hydrogen) atoms. The van der Waals surface area contributed by atoms with Gasteiger partial charge in [0.2, 0.25) is 0 Å². The molecule has 8 aromatic carbocycles. The Balaban J connectivity index is 0.000000201. The molecule has 13 aromatic rings. The Morgan fingerprint density at radius 3 is 1.30 bits per heavy atom. The van der Waals surface area contributed by atoms with Crippen molar-refractivity contribution in [2.75, 3.05) is 0 Å². The van der Waals surface area contributed by atoms with Gasteiger partial charge >= 0.3 is 0 Å². The molecule has 0 aliphatic heterocycles. The van der Waals surface area contributed by atoms with Crippen molar-refractivity contribution in [3.05, 3.63) is 240 Å². The van der Waals surface area contributed by atoms with Crippen LogP contribution in [0.2, 0.25) is 0 Å². The molecule has 3 unspecified atom stereocenters. The fraction of sp³-hybridized carbons (Fsp3) is 0.278. The Morgan fingerprint density at radius 2 is 0.864 bits per heavy atom. The van der Waals surface area contributed by atoms with Crippen LogP contribution in [-0.4, -0.2) is 28.3 Å². The second-order valence-corrected chi connectivity index (χ2v) is 22.1. The van der Waals surface area contributed by atoms with E-state index in [1.165, 1.54) is 45.2 Å². The summed E-state index contributed by atoms with van der Waals surface area (Å²) in [7, 11) is 0. The van der Waals surface area contributed by atoms with E-state index in [0.717, 1.165) is 49.0 Å². The Bertz CT molecular complexity index is 5260. The first-order chi connectivity index (χ1) is 48.5. The number of para-hydroxylation sites is 3. The van der Waals surface area contributed by atoms with Crippen LogP contribution < -0.4 is 0 Å². The molecule has 0 fully saturated rings. The maximum Gasteiger partial charge on any atom is 0.0639 e. The van der Waals surface area contributed by atoms with Crippen molar-refractivity contribution in [3.63, 3.8) is 0 Å². The van der Waals surface area contributed by atoms with Crippen LogP contribution >= 0.6 is 0 Å². The van der Waals surface area contributed by atoms with Crippen molar-refractivity contribution in [1.29, 1.82) is 0 Å². The first-order valence-corrected chi connectivity index (χ1v) is 28.8. The van der Waals surface area contributed by atoms with Crippen LogP contribution in [0.15, 0.2) is 189 Å². The van der Waals surface area contributed by atoms with Crippen LogP contribution in [0.25, 0.3) is 94.2 Å². The van der Waals surface area contributed by atoms with E-state index in [9.17, 15) is 0 Å². The zero-order chi connectivity index (χ0) is 76.0. The molecule has 0 aliphatic rings. The fourth-order valence-electron chi connectivity index (χ4n) is 11.3. The summed E-state index contributed by atoms with van der Waals surface area (Å²) in [4.78, 5) is 13.9. The predicted octanol–water partition coefficient (Wildman–Crippen LogP) is 20.6. The molecule has 3 atom stereocenters. The van der Waals surface area contributed by atoms with E-state index in [4.69, 9.17) is 36.0 Å². The van der Waals surface area contributed by atoms with Gasteiger partial charge in [-0.15, -0.1) is 95.2 Å². The van der Waals surface area contributed by atoms with E-state index in [2.05, 4.69) is 35.3 Å². The molecule has 0 aliphatic carbocycles. The average Bonchev–Trinajstić information content (AvgIpc) is 1.67. The minimum atomic E-state index is -2.70. The predicted molar refractivity (Wildman–Crippen MR) is 359 cm³/mol. The second kappa shape index (κ2) is 29.8. The van der Waals surface area contributed by atoms with E-state index in [1.807, 2.05) is 109 Å². The van der Waals surface area contributed by atoms with Crippen LogP contribution in [0.5, 0.6) is 0 Å². The summed E-state index contributed by atoms with van der Waals surface area (Å²) in [5.74, 6) is -6.09. The van der Waals surface area contributed by atoms with Crippen molar-refractivity contribution in [1.82, 2.24) is 28.3 Å². The van der Waals surface area contributed by atoms with Gasteiger partial charge < -0.3 is 13.4 Å². The molecule has 6 nitrogen and oxygen atoms in total. The maximum atomic E-state index is 9.03. The van der Waals surface area contributed by atoms with Crippen molar-refractivity contribution in [2.24, 2.45) is 23.7 Å². The summed E-state index contributed by atoms with van der Waals surface area (Å²) < 4.78 is 166. The van der Waals surface area contributed by atoms with Crippen LogP contribution in [0.3, 0.4) is 0 Å². The van der Waals surface area contributed by atoms with E-state index in [0.29, 0.717) is 56.2 Å². The topological polar surface area (TPSA) is 52.4 Å². The number of hydrogen-bond donors (Lipinski definition) is 0. The SMILES string of the molecule is [2H]C([2H])([2H])C(C)C([2H])([2H])c1cccc(C([2H])([2H])C(C)C)c1-c1cnc2c3[c-]cccc3c3ccccc3n12.[2H]C([2H])([2H])C([2H])(C)c1cccc(C([2H])(C)C([2H])([2H])[2H])c1-n1ccnc1-c1[c-]cccc1.[2H]C([2H])(c1cccc(C([2H])([2H])C(C)C)c1-c1cnc2c3[c-]cccc3c3ccccc3n12)C(C)C.[Ir].[Ir].[Ir]. The third kappa shape index (κ3) is 13.9. The van der Waals surface area contributed by atoms with E-state index >= 15 is 0 Å². The summed E-state index contributed by atoms with van der Waals surface area (Å²) in [6, 6.07) is 59.1. The largest absolute Gasteiger partial charge is 0.340 e. The third-order valence-electron chi connectivity index (χ3n) is 14.6.